The first-order valence-electron chi connectivity index (χ1n) is 10.7. The van der Waals surface area contributed by atoms with Crippen LogP contribution in [0.3, 0.4) is 0 Å². The Morgan fingerprint density at radius 3 is 2.68 bits per heavy atom. The SMILES string of the molecule is CC/C=C/C(C)=C/[C@H](C)C[C@H](O)[C@@H]1/C=C/CC[C@H](C)C(=O)CC[C@@H](C)C(=O)O1. The van der Waals surface area contributed by atoms with Crippen molar-refractivity contribution in [1.29, 1.82) is 0 Å². The second-order valence-electron chi connectivity index (χ2n) is 8.22. The molecule has 0 saturated carbocycles. The van der Waals surface area contributed by atoms with Gasteiger partial charge in [-0.05, 0) is 51.0 Å². The van der Waals surface area contributed by atoms with Crippen LogP contribution in [0, 0.1) is 17.8 Å². The Morgan fingerprint density at radius 1 is 1.29 bits per heavy atom. The third-order valence-electron chi connectivity index (χ3n) is 5.28. The maximum Gasteiger partial charge on any atom is 0.309 e. The van der Waals surface area contributed by atoms with E-state index in [0.717, 1.165) is 19.3 Å². The summed E-state index contributed by atoms with van der Waals surface area (Å²) in [5.74, 6) is -0.323. The monoisotopic (exact) mass is 390 g/mol. The standard InChI is InChI=1S/C24H38O4/c1-6-7-10-17(2)15-18(3)16-22(26)23-12-9-8-11-19(4)21(25)14-13-20(5)24(27)28-23/h7,9-10,12,15,18-20,22-23,26H,6,8,11,13-14,16H2,1-5H3/b10-7+,12-9+,17-15+/t18-,19-,20+,22-,23-/m0/s1. The lowest BCUT2D eigenvalue weighted by Crippen LogP contribution is -2.33. The summed E-state index contributed by atoms with van der Waals surface area (Å²) in [7, 11) is 0. The second-order valence-corrected chi connectivity index (χ2v) is 8.22. The van der Waals surface area contributed by atoms with Crippen LogP contribution in [-0.4, -0.2) is 29.1 Å². The molecule has 0 saturated heterocycles. The van der Waals surface area contributed by atoms with Gasteiger partial charge in [0, 0.05) is 12.3 Å². The van der Waals surface area contributed by atoms with Gasteiger partial charge in [-0.15, -0.1) is 0 Å². The maximum atomic E-state index is 12.4. The molecule has 1 rings (SSSR count). The Hall–Kier alpha value is -1.68. The lowest BCUT2D eigenvalue weighted by Gasteiger charge is -2.24. The molecule has 5 atom stereocenters. The largest absolute Gasteiger partial charge is 0.455 e. The van der Waals surface area contributed by atoms with Crippen molar-refractivity contribution >= 4 is 11.8 Å². The van der Waals surface area contributed by atoms with Gasteiger partial charge in [-0.2, -0.15) is 0 Å². The molecule has 1 heterocycles. The molecule has 0 spiro atoms. The summed E-state index contributed by atoms with van der Waals surface area (Å²) in [5, 5.41) is 10.7. The van der Waals surface area contributed by atoms with Gasteiger partial charge in [0.25, 0.3) is 0 Å². The molecule has 1 N–H and O–H groups in total. The summed E-state index contributed by atoms with van der Waals surface area (Å²) < 4.78 is 5.61. The molecular weight excluding hydrogens is 352 g/mol. The van der Waals surface area contributed by atoms with Crippen LogP contribution in [0.4, 0.5) is 0 Å². The van der Waals surface area contributed by atoms with Gasteiger partial charge >= 0.3 is 5.97 Å². The number of hydrogen-bond donors (Lipinski definition) is 1. The number of esters is 1. The summed E-state index contributed by atoms with van der Waals surface area (Å²) in [4.78, 5) is 24.5. The van der Waals surface area contributed by atoms with Gasteiger partial charge < -0.3 is 9.84 Å². The fraction of sp³-hybridized carbons (Fsp3) is 0.667. The molecule has 0 aromatic rings. The Bertz CT molecular complexity index is 587. The van der Waals surface area contributed by atoms with E-state index >= 15 is 0 Å². The molecule has 0 amide bonds. The number of aliphatic hydroxyl groups is 1. The Labute approximate surface area is 170 Å². The van der Waals surface area contributed by atoms with E-state index in [1.54, 1.807) is 13.0 Å². The quantitative estimate of drug-likeness (QED) is 0.386. The van der Waals surface area contributed by atoms with Crippen molar-refractivity contribution < 1.29 is 19.4 Å². The molecule has 0 aromatic heterocycles. The van der Waals surface area contributed by atoms with Crippen LogP contribution >= 0.6 is 0 Å². The number of aliphatic hydroxyl groups excluding tert-OH is 1. The normalized spacial score (nSPS) is 28.9. The van der Waals surface area contributed by atoms with E-state index < -0.39 is 12.2 Å². The smallest absolute Gasteiger partial charge is 0.309 e. The van der Waals surface area contributed by atoms with Crippen LogP contribution in [0.2, 0.25) is 0 Å². The first-order chi connectivity index (χ1) is 13.2. The van der Waals surface area contributed by atoms with E-state index in [1.807, 2.05) is 13.0 Å². The van der Waals surface area contributed by atoms with Crippen LogP contribution in [0.15, 0.2) is 36.0 Å². The first kappa shape index (κ1) is 24.4. The highest BCUT2D eigenvalue weighted by atomic mass is 16.6. The minimum Gasteiger partial charge on any atom is -0.455 e. The predicted molar refractivity (Wildman–Crippen MR) is 114 cm³/mol. The average Bonchev–Trinajstić information content (AvgIpc) is 2.64. The van der Waals surface area contributed by atoms with Crippen molar-refractivity contribution in [1.82, 2.24) is 0 Å². The molecule has 0 radical (unpaired) electrons. The van der Waals surface area contributed by atoms with Gasteiger partial charge in [0.05, 0.1) is 12.0 Å². The van der Waals surface area contributed by atoms with Crippen molar-refractivity contribution in [2.45, 2.75) is 85.4 Å². The molecule has 0 fully saturated rings. The minimum absolute atomic E-state index is 0.0000180. The van der Waals surface area contributed by atoms with Crippen LogP contribution < -0.4 is 0 Å². The fourth-order valence-electron chi connectivity index (χ4n) is 3.35. The third kappa shape index (κ3) is 9.01. The molecule has 1 aliphatic heterocycles. The average molecular weight is 391 g/mol. The van der Waals surface area contributed by atoms with E-state index in [1.165, 1.54) is 5.57 Å². The maximum absolute atomic E-state index is 12.4. The number of ketones is 1. The van der Waals surface area contributed by atoms with Crippen LogP contribution in [0.5, 0.6) is 0 Å². The van der Waals surface area contributed by atoms with Crippen molar-refractivity contribution in [3.8, 4) is 0 Å². The van der Waals surface area contributed by atoms with E-state index in [9.17, 15) is 14.7 Å². The summed E-state index contributed by atoms with van der Waals surface area (Å²) in [6.07, 6.45) is 12.6. The van der Waals surface area contributed by atoms with Gasteiger partial charge in [-0.1, -0.05) is 57.6 Å². The Morgan fingerprint density at radius 2 is 2.00 bits per heavy atom. The summed E-state index contributed by atoms with van der Waals surface area (Å²) >= 11 is 0. The van der Waals surface area contributed by atoms with Gasteiger partial charge in [0.1, 0.15) is 11.9 Å². The third-order valence-corrected chi connectivity index (χ3v) is 5.28. The number of hydrogen-bond acceptors (Lipinski definition) is 4. The molecule has 0 aromatic carbocycles. The Kier molecular flexibility index (Phi) is 11.1. The van der Waals surface area contributed by atoms with Gasteiger partial charge in [-0.3, -0.25) is 9.59 Å². The molecule has 4 nitrogen and oxygen atoms in total. The lowest BCUT2D eigenvalue weighted by molar-refractivity contribution is -0.156. The number of carbonyl (C=O) groups is 2. The zero-order chi connectivity index (χ0) is 21.1. The first-order valence-corrected chi connectivity index (χ1v) is 10.7. The highest BCUT2D eigenvalue weighted by Gasteiger charge is 2.26. The molecule has 28 heavy (non-hydrogen) atoms. The summed E-state index contributed by atoms with van der Waals surface area (Å²) in [6, 6.07) is 0. The lowest BCUT2D eigenvalue weighted by atomic mass is 9.93. The molecule has 158 valence electrons. The zero-order valence-electron chi connectivity index (χ0n) is 18.2. The van der Waals surface area contributed by atoms with Crippen molar-refractivity contribution in [2.24, 2.45) is 17.8 Å². The minimum atomic E-state index is -0.761. The van der Waals surface area contributed by atoms with Gasteiger partial charge in [0.2, 0.25) is 0 Å². The number of rotatable bonds is 6. The number of carbonyl (C=O) groups excluding carboxylic acids is 2. The fourth-order valence-corrected chi connectivity index (χ4v) is 3.35. The highest BCUT2D eigenvalue weighted by molar-refractivity contribution is 5.81. The molecular formula is C24H38O4. The number of ether oxygens (including phenoxy) is 1. The van der Waals surface area contributed by atoms with Crippen molar-refractivity contribution in [3.63, 3.8) is 0 Å². The molecule has 1 aliphatic rings. The van der Waals surface area contributed by atoms with Crippen molar-refractivity contribution in [3.05, 3.63) is 36.0 Å². The van der Waals surface area contributed by atoms with E-state index in [4.69, 9.17) is 4.74 Å². The van der Waals surface area contributed by atoms with Gasteiger partial charge in [-0.25, -0.2) is 0 Å². The Balaban J connectivity index is 2.83. The summed E-state index contributed by atoms with van der Waals surface area (Å²) in [6.45, 7) is 9.94. The van der Waals surface area contributed by atoms with Crippen LogP contribution in [0.25, 0.3) is 0 Å². The number of cyclic esters (lactones) is 1. The van der Waals surface area contributed by atoms with Gasteiger partial charge in [0.15, 0.2) is 0 Å². The topological polar surface area (TPSA) is 63.6 Å². The van der Waals surface area contributed by atoms with E-state index in [-0.39, 0.29) is 29.5 Å². The summed E-state index contributed by atoms with van der Waals surface area (Å²) in [5.41, 5.74) is 1.17. The predicted octanol–water partition coefficient (Wildman–Crippen LogP) is 5.17. The molecule has 0 aliphatic carbocycles. The van der Waals surface area contributed by atoms with Crippen LogP contribution in [0.1, 0.15) is 73.1 Å². The number of Topliss-reactive ketones (excluding diaryl/α,β-unsaturated/α-hetero) is 1. The zero-order valence-corrected chi connectivity index (χ0v) is 18.2. The molecule has 0 bridgehead atoms. The van der Waals surface area contributed by atoms with Crippen molar-refractivity contribution in [2.75, 3.05) is 0 Å². The van der Waals surface area contributed by atoms with E-state index in [0.29, 0.717) is 19.3 Å². The van der Waals surface area contributed by atoms with Crippen LogP contribution in [-0.2, 0) is 14.3 Å². The van der Waals surface area contributed by atoms with E-state index in [2.05, 4.69) is 39.0 Å². The second kappa shape index (κ2) is 12.7. The molecule has 4 heteroatoms. The number of allylic oxidation sites excluding steroid dienone is 5. The highest BCUT2D eigenvalue weighted by Crippen LogP contribution is 2.21. The molecule has 0 unspecified atom stereocenters.